The Hall–Kier alpha value is -0.910. The van der Waals surface area contributed by atoms with Crippen LogP contribution >= 0.6 is 15.9 Å². The Morgan fingerprint density at radius 1 is 1.47 bits per heavy atom. The molecule has 1 atom stereocenters. The molecule has 1 aromatic carbocycles. The smallest absolute Gasteiger partial charge is 0.231 e. The molecule has 0 radical (unpaired) electrons. The summed E-state index contributed by atoms with van der Waals surface area (Å²) in [5.74, 6) is -0.290. The maximum absolute atomic E-state index is 10.9. The molecule has 2 N–H and O–H groups in total. The van der Waals surface area contributed by atoms with E-state index in [0.717, 1.165) is 16.6 Å². The van der Waals surface area contributed by atoms with E-state index in [1.165, 1.54) is 0 Å². The molecule has 1 aliphatic rings. The number of carbonyl (C=O) groups is 1. The lowest BCUT2D eigenvalue weighted by Gasteiger charge is -2.32. The summed E-state index contributed by atoms with van der Waals surface area (Å²) in [6.45, 7) is 2.41. The summed E-state index contributed by atoms with van der Waals surface area (Å²) in [5, 5.41) is 0. The van der Waals surface area contributed by atoms with E-state index in [1.54, 1.807) is 0 Å². The van der Waals surface area contributed by atoms with Crippen LogP contribution in [0.5, 0.6) is 0 Å². The lowest BCUT2D eigenvalue weighted by molar-refractivity contribution is -0.121. The summed E-state index contributed by atoms with van der Waals surface area (Å²) in [6.07, 6.45) is 0.0243. The van der Waals surface area contributed by atoms with Gasteiger partial charge in [0.2, 0.25) is 5.91 Å². The van der Waals surface area contributed by atoms with Gasteiger partial charge in [-0.05, 0) is 17.7 Å². The van der Waals surface area contributed by atoms with Gasteiger partial charge in [0.1, 0.15) is 0 Å². The van der Waals surface area contributed by atoms with Gasteiger partial charge in [-0.1, -0.05) is 28.1 Å². The minimum atomic E-state index is -0.290. The average Bonchev–Trinajstić information content (AvgIpc) is 2.29. The third-order valence-corrected chi connectivity index (χ3v) is 3.30. The highest BCUT2D eigenvalue weighted by molar-refractivity contribution is 9.10. The van der Waals surface area contributed by atoms with Crippen molar-refractivity contribution >= 4 is 21.8 Å². The van der Waals surface area contributed by atoms with Crippen molar-refractivity contribution in [2.24, 2.45) is 5.73 Å². The third kappa shape index (κ3) is 3.52. The zero-order valence-electron chi connectivity index (χ0n) is 9.43. The van der Waals surface area contributed by atoms with Crippen LogP contribution in [0.25, 0.3) is 0 Å². The number of halogens is 1. The predicted octanol–water partition coefficient (Wildman–Crippen LogP) is 1.31. The molecular formula is C12H15BrN2O2. The van der Waals surface area contributed by atoms with E-state index in [1.807, 2.05) is 29.2 Å². The quantitative estimate of drug-likeness (QED) is 0.915. The molecule has 5 heteroatoms. The molecule has 2 rings (SSSR count). The fourth-order valence-corrected chi connectivity index (χ4v) is 2.21. The second-order valence-electron chi connectivity index (χ2n) is 4.11. The van der Waals surface area contributed by atoms with Gasteiger partial charge in [-0.25, -0.2) is 0 Å². The maximum Gasteiger partial charge on any atom is 0.231 e. The minimum Gasteiger partial charge on any atom is -0.371 e. The Morgan fingerprint density at radius 3 is 2.82 bits per heavy atom. The maximum atomic E-state index is 10.9. The number of morpholine rings is 1. The van der Waals surface area contributed by atoms with Crippen LogP contribution < -0.4 is 5.73 Å². The topological polar surface area (TPSA) is 55.6 Å². The number of ether oxygens (including phenoxy) is 1. The van der Waals surface area contributed by atoms with E-state index >= 15 is 0 Å². The monoisotopic (exact) mass is 298 g/mol. The van der Waals surface area contributed by atoms with Crippen molar-refractivity contribution in [3.8, 4) is 0 Å². The molecule has 0 saturated carbocycles. The van der Waals surface area contributed by atoms with Gasteiger partial charge in [0.05, 0.1) is 19.3 Å². The fourth-order valence-electron chi connectivity index (χ4n) is 1.95. The highest BCUT2D eigenvalue weighted by Crippen LogP contribution is 2.23. The molecule has 1 amide bonds. The number of nitrogens with two attached hydrogens (primary N) is 1. The molecule has 1 heterocycles. The van der Waals surface area contributed by atoms with Crippen LogP contribution in [-0.4, -0.2) is 37.0 Å². The Bertz CT molecular complexity index is 394. The molecule has 4 nitrogen and oxygen atoms in total. The van der Waals surface area contributed by atoms with Gasteiger partial charge in [-0.15, -0.1) is 0 Å². The molecule has 92 valence electrons. The highest BCUT2D eigenvalue weighted by atomic mass is 79.9. The van der Waals surface area contributed by atoms with E-state index in [2.05, 4.69) is 15.9 Å². The van der Waals surface area contributed by atoms with Crippen LogP contribution in [0.3, 0.4) is 0 Å². The first-order valence-corrected chi connectivity index (χ1v) is 6.32. The number of carbonyl (C=O) groups excluding carboxylic acids is 1. The molecule has 1 aromatic rings. The van der Waals surface area contributed by atoms with E-state index < -0.39 is 0 Å². The Labute approximate surface area is 109 Å². The SMILES string of the molecule is NC(=O)CN1CCOC(c2ccc(Br)cc2)C1. The molecule has 0 aromatic heterocycles. The number of benzene rings is 1. The van der Waals surface area contributed by atoms with Crippen molar-refractivity contribution in [2.75, 3.05) is 26.2 Å². The number of hydrogen-bond acceptors (Lipinski definition) is 3. The second kappa shape index (κ2) is 5.62. The third-order valence-electron chi connectivity index (χ3n) is 2.77. The lowest BCUT2D eigenvalue weighted by atomic mass is 10.1. The normalized spacial score (nSPS) is 21.4. The first-order valence-electron chi connectivity index (χ1n) is 5.53. The van der Waals surface area contributed by atoms with Gasteiger partial charge in [0.15, 0.2) is 0 Å². The molecule has 0 aliphatic carbocycles. The number of rotatable bonds is 3. The summed E-state index contributed by atoms with van der Waals surface area (Å²) >= 11 is 3.40. The largest absolute Gasteiger partial charge is 0.371 e. The van der Waals surface area contributed by atoms with Crippen LogP contribution in [0, 0.1) is 0 Å². The number of amides is 1. The van der Waals surface area contributed by atoms with Crippen molar-refractivity contribution in [1.29, 1.82) is 0 Å². The van der Waals surface area contributed by atoms with Crippen molar-refractivity contribution in [3.63, 3.8) is 0 Å². The highest BCUT2D eigenvalue weighted by Gasteiger charge is 2.22. The van der Waals surface area contributed by atoms with E-state index in [9.17, 15) is 4.79 Å². The summed E-state index contributed by atoms with van der Waals surface area (Å²) in [4.78, 5) is 12.9. The van der Waals surface area contributed by atoms with Gasteiger partial charge >= 0.3 is 0 Å². The van der Waals surface area contributed by atoms with Crippen molar-refractivity contribution < 1.29 is 9.53 Å². The van der Waals surface area contributed by atoms with E-state index in [4.69, 9.17) is 10.5 Å². The van der Waals surface area contributed by atoms with Gasteiger partial charge in [0.25, 0.3) is 0 Å². The Balaban J connectivity index is 2.01. The molecule has 17 heavy (non-hydrogen) atoms. The zero-order valence-corrected chi connectivity index (χ0v) is 11.0. The van der Waals surface area contributed by atoms with Gasteiger partial charge in [-0.2, -0.15) is 0 Å². The first-order chi connectivity index (χ1) is 8.15. The Morgan fingerprint density at radius 2 is 2.18 bits per heavy atom. The van der Waals surface area contributed by atoms with Crippen LogP contribution in [0.1, 0.15) is 11.7 Å². The summed E-state index contributed by atoms with van der Waals surface area (Å²) < 4.78 is 6.75. The lowest BCUT2D eigenvalue weighted by Crippen LogP contribution is -2.42. The summed E-state index contributed by atoms with van der Waals surface area (Å²) in [6, 6.07) is 8.04. The molecule has 0 spiro atoms. The summed E-state index contributed by atoms with van der Waals surface area (Å²) in [5.41, 5.74) is 6.33. The molecular weight excluding hydrogens is 284 g/mol. The molecule has 1 saturated heterocycles. The number of nitrogens with zero attached hydrogens (tertiary/aromatic N) is 1. The predicted molar refractivity (Wildman–Crippen MR) is 68.5 cm³/mol. The summed E-state index contributed by atoms with van der Waals surface area (Å²) in [7, 11) is 0. The standard InChI is InChI=1S/C12H15BrN2O2/c13-10-3-1-9(2-4-10)11-7-15(5-6-17-11)8-12(14)16/h1-4,11H,5-8H2,(H2,14,16). The second-order valence-corrected chi connectivity index (χ2v) is 5.03. The number of primary amides is 1. The fraction of sp³-hybridized carbons (Fsp3) is 0.417. The molecule has 1 unspecified atom stereocenters. The Kier molecular flexibility index (Phi) is 4.15. The van der Waals surface area contributed by atoms with Crippen molar-refractivity contribution in [2.45, 2.75) is 6.10 Å². The molecule has 1 aliphatic heterocycles. The van der Waals surface area contributed by atoms with Crippen molar-refractivity contribution in [3.05, 3.63) is 34.3 Å². The van der Waals surface area contributed by atoms with Crippen LogP contribution in [0.2, 0.25) is 0 Å². The van der Waals surface area contributed by atoms with Crippen LogP contribution in [0.4, 0.5) is 0 Å². The minimum absolute atomic E-state index is 0.0243. The zero-order chi connectivity index (χ0) is 12.3. The molecule has 1 fully saturated rings. The first kappa shape index (κ1) is 12.5. The number of hydrogen-bond donors (Lipinski definition) is 1. The van der Waals surface area contributed by atoms with Gasteiger partial charge < -0.3 is 10.5 Å². The van der Waals surface area contributed by atoms with Crippen molar-refractivity contribution in [1.82, 2.24) is 4.90 Å². The van der Waals surface area contributed by atoms with E-state index in [0.29, 0.717) is 19.7 Å². The molecule has 0 bridgehead atoms. The van der Waals surface area contributed by atoms with Crippen LogP contribution in [-0.2, 0) is 9.53 Å². The average molecular weight is 299 g/mol. The van der Waals surface area contributed by atoms with Gasteiger partial charge in [-0.3, -0.25) is 9.69 Å². The van der Waals surface area contributed by atoms with E-state index in [-0.39, 0.29) is 12.0 Å². The van der Waals surface area contributed by atoms with Gasteiger partial charge in [0, 0.05) is 17.6 Å². The van der Waals surface area contributed by atoms with Crippen LogP contribution in [0.15, 0.2) is 28.7 Å².